The summed E-state index contributed by atoms with van der Waals surface area (Å²) in [6.45, 7) is 4.36. The van der Waals surface area contributed by atoms with E-state index in [0.29, 0.717) is 17.8 Å². The quantitative estimate of drug-likeness (QED) is 0.576. The van der Waals surface area contributed by atoms with Gasteiger partial charge in [-0.3, -0.25) is 0 Å². The molecule has 1 nitrogen and oxygen atoms in total. The van der Waals surface area contributed by atoms with Crippen LogP contribution in [0.1, 0.15) is 20.3 Å². The van der Waals surface area contributed by atoms with Crippen molar-refractivity contribution in [2.75, 3.05) is 6.61 Å². The van der Waals surface area contributed by atoms with Gasteiger partial charge in [0.2, 0.25) is 0 Å². The third-order valence-corrected chi connectivity index (χ3v) is 1.84. The molecule has 1 rings (SSSR count). The SMILES string of the molecule is CC(C)C#CC#CC1CC1CO. The Bertz CT molecular complexity index is 256. The van der Waals surface area contributed by atoms with Gasteiger partial charge in [0.1, 0.15) is 0 Å². The molecule has 0 amide bonds. The van der Waals surface area contributed by atoms with Crippen LogP contribution in [0.2, 0.25) is 0 Å². The zero-order valence-corrected chi connectivity index (χ0v) is 7.59. The maximum Gasteiger partial charge on any atom is 0.0471 e. The van der Waals surface area contributed by atoms with Gasteiger partial charge >= 0.3 is 0 Å². The third kappa shape index (κ3) is 2.99. The Morgan fingerprint density at radius 2 is 2.17 bits per heavy atom. The van der Waals surface area contributed by atoms with E-state index in [4.69, 9.17) is 5.11 Å². The highest BCUT2D eigenvalue weighted by Gasteiger charge is 2.34. The Kier molecular flexibility index (Phi) is 3.20. The second kappa shape index (κ2) is 4.19. The summed E-state index contributed by atoms with van der Waals surface area (Å²) in [5.41, 5.74) is 0. The molecule has 0 bridgehead atoms. The van der Waals surface area contributed by atoms with Gasteiger partial charge in [-0.2, -0.15) is 0 Å². The summed E-state index contributed by atoms with van der Waals surface area (Å²) in [5, 5.41) is 8.72. The molecule has 1 aliphatic rings. The summed E-state index contributed by atoms with van der Waals surface area (Å²) in [5.74, 6) is 12.9. The van der Waals surface area contributed by atoms with Crippen LogP contribution in [0.3, 0.4) is 0 Å². The predicted octanol–water partition coefficient (Wildman–Crippen LogP) is 1.28. The lowest BCUT2D eigenvalue weighted by atomic mass is 10.2. The lowest BCUT2D eigenvalue weighted by Crippen LogP contribution is -1.85. The van der Waals surface area contributed by atoms with E-state index in [2.05, 4.69) is 23.7 Å². The Hall–Kier alpha value is -0.920. The first-order valence-corrected chi connectivity index (χ1v) is 4.36. The lowest BCUT2D eigenvalue weighted by Gasteiger charge is -1.83. The minimum atomic E-state index is 0.275. The summed E-state index contributed by atoms with van der Waals surface area (Å²) in [4.78, 5) is 0. The number of hydrogen-bond donors (Lipinski definition) is 1. The van der Waals surface area contributed by atoms with Crippen LogP contribution in [0.15, 0.2) is 0 Å². The molecular weight excluding hydrogens is 148 g/mol. The van der Waals surface area contributed by atoms with Gasteiger partial charge in [-0.25, -0.2) is 0 Å². The molecule has 2 atom stereocenters. The molecule has 1 aliphatic carbocycles. The van der Waals surface area contributed by atoms with Gasteiger partial charge in [-0.15, -0.1) is 0 Å². The third-order valence-electron chi connectivity index (χ3n) is 1.84. The summed E-state index contributed by atoms with van der Waals surface area (Å²) in [7, 11) is 0. The molecule has 0 aromatic rings. The molecule has 1 fully saturated rings. The van der Waals surface area contributed by atoms with Crippen molar-refractivity contribution in [3.05, 3.63) is 0 Å². The summed E-state index contributed by atoms with van der Waals surface area (Å²) in [6, 6.07) is 0. The smallest absolute Gasteiger partial charge is 0.0471 e. The first-order chi connectivity index (χ1) is 5.74. The van der Waals surface area contributed by atoms with Crippen molar-refractivity contribution in [3.63, 3.8) is 0 Å². The van der Waals surface area contributed by atoms with E-state index in [1.54, 1.807) is 0 Å². The Morgan fingerprint density at radius 3 is 2.67 bits per heavy atom. The van der Waals surface area contributed by atoms with Gasteiger partial charge in [0.05, 0.1) is 0 Å². The van der Waals surface area contributed by atoms with Crippen molar-refractivity contribution in [1.29, 1.82) is 0 Å². The molecule has 0 aromatic carbocycles. The van der Waals surface area contributed by atoms with E-state index >= 15 is 0 Å². The fraction of sp³-hybridized carbons (Fsp3) is 0.636. The zero-order chi connectivity index (χ0) is 8.97. The maximum atomic E-state index is 8.72. The highest BCUT2D eigenvalue weighted by molar-refractivity contribution is 5.29. The van der Waals surface area contributed by atoms with Crippen LogP contribution in [-0.4, -0.2) is 11.7 Å². The van der Waals surface area contributed by atoms with Crippen molar-refractivity contribution in [2.45, 2.75) is 20.3 Å². The molecular formula is C11H14O. The largest absolute Gasteiger partial charge is 0.396 e. The average molecular weight is 162 g/mol. The summed E-state index contributed by atoms with van der Waals surface area (Å²) < 4.78 is 0. The molecule has 0 aromatic heterocycles. The van der Waals surface area contributed by atoms with Gasteiger partial charge in [0.15, 0.2) is 0 Å². The number of aliphatic hydroxyl groups excluding tert-OH is 1. The van der Waals surface area contributed by atoms with E-state index in [1.165, 1.54) is 0 Å². The minimum absolute atomic E-state index is 0.275. The number of aliphatic hydroxyl groups is 1. The van der Waals surface area contributed by atoms with Crippen LogP contribution in [0.4, 0.5) is 0 Å². The van der Waals surface area contributed by atoms with E-state index in [9.17, 15) is 0 Å². The Labute approximate surface area is 74.2 Å². The van der Waals surface area contributed by atoms with Crippen molar-refractivity contribution in [3.8, 4) is 23.7 Å². The molecule has 0 spiro atoms. The minimum Gasteiger partial charge on any atom is -0.396 e. The van der Waals surface area contributed by atoms with E-state index in [0.717, 1.165) is 6.42 Å². The van der Waals surface area contributed by atoms with Crippen LogP contribution >= 0.6 is 0 Å². The van der Waals surface area contributed by atoms with Crippen molar-refractivity contribution in [2.24, 2.45) is 17.8 Å². The molecule has 1 saturated carbocycles. The highest BCUT2D eigenvalue weighted by Crippen LogP contribution is 2.36. The molecule has 1 N–H and O–H groups in total. The molecule has 0 aliphatic heterocycles. The van der Waals surface area contributed by atoms with Gasteiger partial charge in [-0.1, -0.05) is 25.7 Å². The van der Waals surface area contributed by atoms with E-state index < -0.39 is 0 Å². The fourth-order valence-electron chi connectivity index (χ4n) is 0.935. The first kappa shape index (κ1) is 9.17. The second-order valence-corrected chi connectivity index (χ2v) is 3.48. The number of rotatable bonds is 1. The topological polar surface area (TPSA) is 20.2 Å². The first-order valence-electron chi connectivity index (χ1n) is 4.36. The molecule has 0 saturated heterocycles. The number of hydrogen-bond acceptors (Lipinski definition) is 1. The maximum absolute atomic E-state index is 8.72. The average Bonchev–Trinajstić information content (AvgIpc) is 2.76. The Balaban J connectivity index is 2.28. The van der Waals surface area contributed by atoms with Crippen molar-refractivity contribution in [1.82, 2.24) is 0 Å². The van der Waals surface area contributed by atoms with Gasteiger partial charge < -0.3 is 5.11 Å². The van der Waals surface area contributed by atoms with E-state index in [1.807, 2.05) is 13.8 Å². The summed E-state index contributed by atoms with van der Waals surface area (Å²) >= 11 is 0. The molecule has 12 heavy (non-hydrogen) atoms. The Morgan fingerprint density at radius 1 is 1.42 bits per heavy atom. The molecule has 0 heterocycles. The molecule has 64 valence electrons. The van der Waals surface area contributed by atoms with Gasteiger partial charge in [0, 0.05) is 18.4 Å². The second-order valence-electron chi connectivity index (χ2n) is 3.48. The highest BCUT2D eigenvalue weighted by atomic mass is 16.3. The normalized spacial score (nSPS) is 25.3. The fourth-order valence-corrected chi connectivity index (χ4v) is 0.935. The van der Waals surface area contributed by atoms with Crippen LogP contribution in [0, 0.1) is 41.4 Å². The van der Waals surface area contributed by atoms with Crippen LogP contribution < -0.4 is 0 Å². The van der Waals surface area contributed by atoms with Crippen LogP contribution in [0.5, 0.6) is 0 Å². The van der Waals surface area contributed by atoms with Crippen LogP contribution in [0.25, 0.3) is 0 Å². The predicted molar refractivity (Wildman–Crippen MR) is 49.1 cm³/mol. The van der Waals surface area contributed by atoms with Crippen molar-refractivity contribution < 1.29 is 5.11 Å². The molecule has 2 unspecified atom stereocenters. The van der Waals surface area contributed by atoms with Gasteiger partial charge in [0.25, 0.3) is 0 Å². The lowest BCUT2D eigenvalue weighted by molar-refractivity contribution is 0.273. The molecule has 0 radical (unpaired) electrons. The standard InChI is InChI=1S/C11H14O/c1-9(2)5-3-4-6-10-7-11(10)8-12/h9-12H,7-8H2,1-2H3. The summed E-state index contributed by atoms with van der Waals surface area (Å²) in [6.07, 6.45) is 1.05. The zero-order valence-electron chi connectivity index (χ0n) is 7.59. The monoisotopic (exact) mass is 162 g/mol. The molecule has 1 heteroatoms. The van der Waals surface area contributed by atoms with Crippen molar-refractivity contribution >= 4 is 0 Å². The van der Waals surface area contributed by atoms with Crippen LogP contribution in [-0.2, 0) is 0 Å². The van der Waals surface area contributed by atoms with Gasteiger partial charge in [-0.05, 0) is 24.2 Å². The van der Waals surface area contributed by atoms with E-state index in [-0.39, 0.29) is 6.61 Å².